The zero-order chi connectivity index (χ0) is 15.0. The van der Waals surface area contributed by atoms with Crippen molar-refractivity contribution < 1.29 is 14.3 Å². The van der Waals surface area contributed by atoms with Gasteiger partial charge in [0, 0.05) is 11.6 Å². The average molecular weight is 298 g/mol. The number of benzene rings is 1. The first-order valence-electron chi connectivity index (χ1n) is 5.87. The highest BCUT2D eigenvalue weighted by Crippen LogP contribution is 2.33. The molecule has 0 aliphatic heterocycles. The molecule has 2 amide bonds. The van der Waals surface area contributed by atoms with Gasteiger partial charge in [0.05, 0.1) is 17.8 Å². The highest BCUT2D eigenvalue weighted by Gasteiger charge is 2.10. The van der Waals surface area contributed by atoms with Crippen molar-refractivity contribution in [2.24, 2.45) is 10.8 Å². The number of ether oxygens (including phenoxy) is 2. The van der Waals surface area contributed by atoms with Crippen molar-refractivity contribution in [1.29, 1.82) is 0 Å². The van der Waals surface area contributed by atoms with Crippen LogP contribution in [0.3, 0.4) is 0 Å². The summed E-state index contributed by atoms with van der Waals surface area (Å²) in [4.78, 5) is 10.5. The Morgan fingerprint density at radius 3 is 2.80 bits per heavy atom. The van der Waals surface area contributed by atoms with Gasteiger partial charge in [-0.2, -0.15) is 5.10 Å². The van der Waals surface area contributed by atoms with E-state index in [1.165, 1.54) is 6.21 Å². The summed E-state index contributed by atoms with van der Waals surface area (Å²) in [6, 6.07) is 2.52. The molecule has 0 unspecified atom stereocenters. The minimum atomic E-state index is -0.756. The minimum Gasteiger partial charge on any atom is -0.490 e. The topological polar surface area (TPSA) is 85.9 Å². The van der Waals surface area contributed by atoms with Crippen LogP contribution in [-0.4, -0.2) is 25.5 Å². The number of urea groups is 1. The Bertz CT molecular complexity index is 518. The molecule has 1 aromatic carbocycles. The lowest BCUT2D eigenvalue weighted by Gasteiger charge is -2.12. The molecule has 0 radical (unpaired) electrons. The van der Waals surface area contributed by atoms with Crippen LogP contribution >= 0.6 is 11.6 Å². The smallest absolute Gasteiger partial charge is 0.332 e. The fourth-order valence-corrected chi connectivity index (χ4v) is 1.55. The zero-order valence-corrected chi connectivity index (χ0v) is 11.8. The number of nitrogens with one attached hydrogen (secondary N) is 1. The first-order valence-corrected chi connectivity index (χ1v) is 6.24. The van der Waals surface area contributed by atoms with Crippen LogP contribution in [0.2, 0.25) is 5.02 Å². The maximum atomic E-state index is 10.5. The number of carbonyl (C=O) groups excluding carboxylic acids is 1. The van der Waals surface area contributed by atoms with Crippen molar-refractivity contribution >= 4 is 23.8 Å². The van der Waals surface area contributed by atoms with Crippen LogP contribution < -0.4 is 20.6 Å². The number of nitrogens with two attached hydrogens (primary N) is 1. The van der Waals surface area contributed by atoms with Crippen molar-refractivity contribution in [1.82, 2.24) is 5.43 Å². The third-order valence-electron chi connectivity index (χ3n) is 2.10. The van der Waals surface area contributed by atoms with Gasteiger partial charge in [0.2, 0.25) is 0 Å². The van der Waals surface area contributed by atoms with Crippen LogP contribution in [0.4, 0.5) is 4.79 Å². The summed E-state index contributed by atoms with van der Waals surface area (Å²) in [7, 11) is 0. The molecule has 20 heavy (non-hydrogen) atoms. The van der Waals surface area contributed by atoms with E-state index in [9.17, 15) is 4.79 Å². The zero-order valence-electron chi connectivity index (χ0n) is 11.1. The van der Waals surface area contributed by atoms with Crippen molar-refractivity contribution in [3.05, 3.63) is 35.4 Å². The number of primary amides is 1. The van der Waals surface area contributed by atoms with Crippen LogP contribution in [-0.2, 0) is 0 Å². The van der Waals surface area contributed by atoms with E-state index in [4.69, 9.17) is 26.8 Å². The molecular weight excluding hydrogens is 282 g/mol. The van der Waals surface area contributed by atoms with E-state index < -0.39 is 6.03 Å². The molecule has 1 rings (SSSR count). The minimum absolute atomic E-state index is 0.340. The summed E-state index contributed by atoms with van der Waals surface area (Å²) >= 11 is 6.10. The maximum Gasteiger partial charge on any atom is 0.332 e. The van der Waals surface area contributed by atoms with Gasteiger partial charge in [-0.3, -0.25) is 0 Å². The Morgan fingerprint density at radius 2 is 2.20 bits per heavy atom. The van der Waals surface area contributed by atoms with Crippen molar-refractivity contribution in [2.45, 2.75) is 6.92 Å². The molecule has 7 heteroatoms. The van der Waals surface area contributed by atoms with E-state index in [0.29, 0.717) is 35.3 Å². The lowest BCUT2D eigenvalue weighted by Crippen LogP contribution is -2.24. The van der Waals surface area contributed by atoms with Crippen LogP contribution in [0.1, 0.15) is 12.5 Å². The molecule has 0 aliphatic rings. The van der Waals surface area contributed by atoms with Gasteiger partial charge in [-0.05, 0) is 13.0 Å². The predicted octanol–water partition coefficient (Wildman–Crippen LogP) is 2.31. The molecule has 0 bridgehead atoms. The number of amides is 2. The third kappa shape index (κ3) is 4.81. The quantitative estimate of drug-likeness (QED) is 0.460. The van der Waals surface area contributed by atoms with Gasteiger partial charge in [0.25, 0.3) is 0 Å². The second-order valence-electron chi connectivity index (χ2n) is 3.59. The molecule has 0 saturated heterocycles. The molecule has 0 aromatic heterocycles. The van der Waals surface area contributed by atoms with Crippen molar-refractivity contribution in [2.75, 3.05) is 13.2 Å². The number of hydrazone groups is 1. The Morgan fingerprint density at radius 1 is 1.50 bits per heavy atom. The molecule has 0 aliphatic carbocycles. The van der Waals surface area contributed by atoms with Gasteiger partial charge >= 0.3 is 6.03 Å². The average Bonchev–Trinajstić information content (AvgIpc) is 2.40. The van der Waals surface area contributed by atoms with Crippen molar-refractivity contribution in [3.63, 3.8) is 0 Å². The van der Waals surface area contributed by atoms with E-state index in [1.807, 2.05) is 6.92 Å². The third-order valence-corrected chi connectivity index (χ3v) is 2.43. The van der Waals surface area contributed by atoms with Gasteiger partial charge < -0.3 is 15.2 Å². The molecule has 3 N–H and O–H groups in total. The van der Waals surface area contributed by atoms with Gasteiger partial charge in [-0.1, -0.05) is 24.3 Å². The van der Waals surface area contributed by atoms with Crippen LogP contribution in [0.5, 0.6) is 11.5 Å². The van der Waals surface area contributed by atoms with E-state index in [-0.39, 0.29) is 0 Å². The van der Waals surface area contributed by atoms with Gasteiger partial charge in [0.1, 0.15) is 6.61 Å². The van der Waals surface area contributed by atoms with Crippen LogP contribution in [0.25, 0.3) is 0 Å². The number of carbonyl (C=O) groups is 1. The molecule has 108 valence electrons. The molecule has 6 nitrogen and oxygen atoms in total. The predicted molar refractivity (Wildman–Crippen MR) is 78.6 cm³/mol. The van der Waals surface area contributed by atoms with E-state index in [1.54, 1.807) is 18.2 Å². The number of rotatable bonds is 7. The SMILES string of the molecule is C=CCOc1cc(Cl)c(C=NNC(N)=O)cc1OCC. The number of hydrogen-bond acceptors (Lipinski definition) is 4. The van der Waals surface area contributed by atoms with Gasteiger partial charge in [-0.25, -0.2) is 10.2 Å². The molecule has 0 saturated carbocycles. The summed E-state index contributed by atoms with van der Waals surface area (Å²) in [5, 5.41) is 4.05. The molecule has 1 aromatic rings. The summed E-state index contributed by atoms with van der Waals surface area (Å²) in [5.74, 6) is 1.04. The fourth-order valence-electron chi connectivity index (χ4n) is 1.35. The number of nitrogens with zero attached hydrogens (tertiary/aromatic N) is 1. The summed E-state index contributed by atoms with van der Waals surface area (Å²) < 4.78 is 10.9. The highest BCUT2D eigenvalue weighted by atomic mass is 35.5. The van der Waals surface area contributed by atoms with E-state index >= 15 is 0 Å². The Hall–Kier alpha value is -2.21. The molecule has 0 fully saturated rings. The fraction of sp³-hybridized carbons (Fsp3) is 0.231. The first kappa shape index (κ1) is 15.8. The Labute approximate surface area is 122 Å². The Balaban J connectivity index is 3.01. The van der Waals surface area contributed by atoms with Crippen molar-refractivity contribution in [3.8, 4) is 11.5 Å². The lowest BCUT2D eigenvalue weighted by atomic mass is 10.2. The second kappa shape index (κ2) is 8.06. The number of halogens is 1. The molecule has 0 spiro atoms. The lowest BCUT2D eigenvalue weighted by molar-refractivity contribution is 0.249. The monoisotopic (exact) mass is 297 g/mol. The molecule has 0 heterocycles. The van der Waals surface area contributed by atoms with Crippen LogP contribution in [0, 0.1) is 0 Å². The first-order chi connectivity index (χ1) is 9.58. The maximum absolute atomic E-state index is 10.5. The van der Waals surface area contributed by atoms with Crippen LogP contribution in [0.15, 0.2) is 29.9 Å². The molecule has 0 atom stereocenters. The van der Waals surface area contributed by atoms with Gasteiger partial charge in [0.15, 0.2) is 11.5 Å². The Kier molecular flexibility index (Phi) is 6.39. The summed E-state index contributed by atoms with van der Waals surface area (Å²) in [6.07, 6.45) is 2.99. The molecular formula is C13H16ClN3O3. The highest BCUT2D eigenvalue weighted by molar-refractivity contribution is 6.33. The largest absolute Gasteiger partial charge is 0.490 e. The summed E-state index contributed by atoms with van der Waals surface area (Å²) in [6.45, 7) is 6.25. The summed E-state index contributed by atoms with van der Waals surface area (Å²) in [5.41, 5.74) is 7.55. The normalized spacial score (nSPS) is 10.3. The van der Waals surface area contributed by atoms with Gasteiger partial charge in [-0.15, -0.1) is 0 Å². The number of hydrogen-bond donors (Lipinski definition) is 2. The second-order valence-corrected chi connectivity index (χ2v) is 3.99. The standard InChI is InChI=1S/C13H16ClN3O3/c1-3-5-20-12-7-10(14)9(6-11(12)19-4-2)8-16-17-13(15)18/h3,6-8H,1,4-5H2,2H3,(H3,15,17,18). The van der Waals surface area contributed by atoms with E-state index in [2.05, 4.69) is 17.1 Å². The van der Waals surface area contributed by atoms with E-state index in [0.717, 1.165) is 0 Å².